The van der Waals surface area contributed by atoms with E-state index in [0.717, 1.165) is 32.1 Å². The summed E-state index contributed by atoms with van der Waals surface area (Å²) in [6, 6.07) is 15.9. The van der Waals surface area contributed by atoms with E-state index < -0.39 is 0 Å². The van der Waals surface area contributed by atoms with Gasteiger partial charge in [-0.1, -0.05) is 36.4 Å². The highest BCUT2D eigenvalue weighted by Gasteiger charge is 2.34. The second-order valence-corrected chi connectivity index (χ2v) is 8.50. The van der Waals surface area contributed by atoms with E-state index in [2.05, 4.69) is 22.6 Å². The minimum Gasteiger partial charge on any atom is -0.378 e. The van der Waals surface area contributed by atoms with Crippen LogP contribution in [-0.2, 0) is 11.3 Å². The molecular formula is C21H19IN2O2S. The molecule has 0 spiro atoms. The van der Waals surface area contributed by atoms with Crippen LogP contribution < -0.4 is 4.90 Å². The highest BCUT2D eigenvalue weighted by atomic mass is 127. The molecule has 2 aromatic rings. The van der Waals surface area contributed by atoms with Crippen LogP contribution in [-0.4, -0.2) is 30.1 Å². The van der Waals surface area contributed by atoms with Crippen LogP contribution in [0.25, 0.3) is 6.08 Å². The summed E-state index contributed by atoms with van der Waals surface area (Å²) in [5.74, 6) is -0.240. The standard InChI is InChI=1S/C21H19IN2O2S/c1-23(2)18-12-8-15(9-13-18)4-3-5-19-20(25)24(21(26)27-19)14-16-6-10-17(22)11-7-16/h3-13H,14H2,1-2H3/b4-3+,19-5-. The van der Waals surface area contributed by atoms with Gasteiger partial charge in [-0.2, -0.15) is 0 Å². The van der Waals surface area contributed by atoms with Crippen LogP contribution in [0.4, 0.5) is 10.5 Å². The zero-order chi connectivity index (χ0) is 19.4. The Labute approximate surface area is 177 Å². The average Bonchev–Trinajstić information content (AvgIpc) is 2.91. The topological polar surface area (TPSA) is 40.6 Å². The van der Waals surface area contributed by atoms with E-state index in [9.17, 15) is 9.59 Å². The van der Waals surface area contributed by atoms with E-state index in [-0.39, 0.29) is 11.1 Å². The Hall–Kier alpha value is -2.06. The first-order valence-corrected chi connectivity index (χ1v) is 10.3. The molecule has 0 saturated carbocycles. The maximum atomic E-state index is 12.5. The molecule has 0 aromatic heterocycles. The molecule has 4 nitrogen and oxygen atoms in total. The highest BCUT2D eigenvalue weighted by Crippen LogP contribution is 2.32. The van der Waals surface area contributed by atoms with E-state index in [1.165, 1.54) is 4.90 Å². The molecule has 1 heterocycles. The first kappa shape index (κ1) is 19.7. The number of hydrogen-bond donors (Lipinski definition) is 0. The molecule has 138 valence electrons. The zero-order valence-corrected chi connectivity index (χ0v) is 18.0. The molecule has 0 atom stereocenters. The molecular weight excluding hydrogens is 471 g/mol. The monoisotopic (exact) mass is 490 g/mol. The lowest BCUT2D eigenvalue weighted by atomic mass is 10.2. The number of halogens is 1. The molecule has 0 aliphatic carbocycles. The van der Waals surface area contributed by atoms with Crippen LogP contribution in [0.1, 0.15) is 11.1 Å². The molecule has 6 heteroatoms. The van der Waals surface area contributed by atoms with Gasteiger partial charge >= 0.3 is 0 Å². The van der Waals surface area contributed by atoms with Gasteiger partial charge in [-0.15, -0.1) is 0 Å². The maximum Gasteiger partial charge on any atom is 0.293 e. The van der Waals surface area contributed by atoms with Crippen LogP contribution in [0.2, 0.25) is 0 Å². The van der Waals surface area contributed by atoms with E-state index in [4.69, 9.17) is 0 Å². The van der Waals surface area contributed by atoms with Crippen molar-refractivity contribution in [1.29, 1.82) is 0 Å². The third kappa shape index (κ3) is 5.01. The largest absolute Gasteiger partial charge is 0.378 e. The lowest BCUT2D eigenvalue weighted by Crippen LogP contribution is -2.27. The summed E-state index contributed by atoms with van der Waals surface area (Å²) in [6.45, 7) is 0.300. The number of rotatable bonds is 5. The normalized spacial score (nSPS) is 16.0. The van der Waals surface area contributed by atoms with Crippen LogP contribution in [0.3, 0.4) is 0 Å². The molecule has 27 heavy (non-hydrogen) atoms. The maximum absolute atomic E-state index is 12.5. The molecule has 1 saturated heterocycles. The zero-order valence-electron chi connectivity index (χ0n) is 15.1. The summed E-state index contributed by atoms with van der Waals surface area (Å²) in [6.07, 6.45) is 5.44. The number of carbonyl (C=O) groups excluding carboxylic acids is 2. The van der Waals surface area contributed by atoms with E-state index in [0.29, 0.717) is 11.4 Å². The van der Waals surface area contributed by atoms with Crippen molar-refractivity contribution in [2.45, 2.75) is 6.54 Å². The van der Waals surface area contributed by atoms with E-state index in [1.807, 2.05) is 79.7 Å². The Kier molecular flexibility index (Phi) is 6.38. The van der Waals surface area contributed by atoms with Gasteiger partial charge in [0.15, 0.2) is 0 Å². The van der Waals surface area contributed by atoms with Crippen molar-refractivity contribution in [2.75, 3.05) is 19.0 Å². The van der Waals surface area contributed by atoms with Gasteiger partial charge in [-0.3, -0.25) is 14.5 Å². The molecule has 1 aliphatic heterocycles. The molecule has 2 aromatic carbocycles. The molecule has 0 bridgehead atoms. The summed E-state index contributed by atoms with van der Waals surface area (Å²) in [7, 11) is 3.99. The van der Waals surface area contributed by atoms with Crippen molar-refractivity contribution in [3.63, 3.8) is 0 Å². The van der Waals surface area contributed by atoms with Gasteiger partial charge in [-0.05, 0) is 75.8 Å². The Morgan fingerprint density at radius 2 is 1.70 bits per heavy atom. The Balaban J connectivity index is 1.67. The van der Waals surface area contributed by atoms with Crippen molar-refractivity contribution in [2.24, 2.45) is 0 Å². The van der Waals surface area contributed by atoms with Gasteiger partial charge in [0.05, 0.1) is 11.4 Å². The second-order valence-electron chi connectivity index (χ2n) is 6.26. The number of amides is 2. The fraction of sp³-hybridized carbons (Fsp3) is 0.143. The van der Waals surface area contributed by atoms with Crippen LogP contribution in [0.15, 0.2) is 65.6 Å². The number of carbonyl (C=O) groups is 2. The SMILES string of the molecule is CN(C)c1ccc(/C=C/C=C2\SC(=O)N(Cc3ccc(I)cc3)C2=O)cc1. The molecule has 1 aliphatic rings. The van der Waals surface area contributed by atoms with Crippen molar-refractivity contribution in [3.05, 3.63) is 80.3 Å². The summed E-state index contributed by atoms with van der Waals surface area (Å²) < 4.78 is 1.12. The second kappa shape index (κ2) is 8.75. The quantitative estimate of drug-likeness (QED) is 0.430. The van der Waals surface area contributed by atoms with Crippen LogP contribution in [0, 0.1) is 3.57 Å². The third-order valence-electron chi connectivity index (χ3n) is 4.07. The van der Waals surface area contributed by atoms with Crippen molar-refractivity contribution in [1.82, 2.24) is 4.90 Å². The first-order valence-electron chi connectivity index (χ1n) is 8.38. The number of imide groups is 1. The smallest absolute Gasteiger partial charge is 0.293 e. The lowest BCUT2D eigenvalue weighted by Gasteiger charge is -2.12. The van der Waals surface area contributed by atoms with Gasteiger partial charge in [-0.25, -0.2) is 0 Å². The van der Waals surface area contributed by atoms with Crippen LogP contribution >= 0.6 is 34.4 Å². The molecule has 1 fully saturated rings. The third-order valence-corrected chi connectivity index (χ3v) is 5.72. The van der Waals surface area contributed by atoms with Gasteiger partial charge in [0.25, 0.3) is 11.1 Å². The highest BCUT2D eigenvalue weighted by molar-refractivity contribution is 14.1. The average molecular weight is 490 g/mol. The lowest BCUT2D eigenvalue weighted by molar-refractivity contribution is -0.123. The summed E-state index contributed by atoms with van der Waals surface area (Å²) in [5, 5.41) is -0.228. The van der Waals surface area contributed by atoms with Crippen molar-refractivity contribution < 1.29 is 9.59 Å². The first-order chi connectivity index (χ1) is 12.9. The van der Waals surface area contributed by atoms with Crippen LogP contribution in [0.5, 0.6) is 0 Å². The molecule has 0 N–H and O–H groups in total. The molecule has 0 unspecified atom stereocenters. The minimum atomic E-state index is -0.240. The Morgan fingerprint density at radius 1 is 1.04 bits per heavy atom. The van der Waals surface area contributed by atoms with Gasteiger partial charge in [0.1, 0.15) is 0 Å². The number of anilines is 1. The number of nitrogens with zero attached hydrogens (tertiary/aromatic N) is 2. The van der Waals surface area contributed by atoms with E-state index >= 15 is 0 Å². The predicted molar refractivity (Wildman–Crippen MR) is 121 cm³/mol. The summed E-state index contributed by atoms with van der Waals surface area (Å²) >= 11 is 3.21. The van der Waals surface area contributed by atoms with Crippen molar-refractivity contribution >= 4 is 57.3 Å². The Bertz CT molecular complexity index is 903. The number of benzene rings is 2. The minimum absolute atomic E-state index is 0.228. The summed E-state index contributed by atoms with van der Waals surface area (Å²) in [5.41, 5.74) is 3.11. The molecule has 0 radical (unpaired) electrons. The molecule has 2 amide bonds. The summed E-state index contributed by atoms with van der Waals surface area (Å²) in [4.78, 5) is 28.5. The van der Waals surface area contributed by atoms with Gasteiger partial charge in [0, 0.05) is 23.4 Å². The fourth-order valence-electron chi connectivity index (χ4n) is 2.55. The number of hydrogen-bond acceptors (Lipinski definition) is 4. The number of allylic oxidation sites excluding steroid dienone is 2. The Morgan fingerprint density at radius 3 is 2.33 bits per heavy atom. The van der Waals surface area contributed by atoms with Gasteiger partial charge < -0.3 is 4.90 Å². The van der Waals surface area contributed by atoms with E-state index in [1.54, 1.807) is 6.08 Å². The number of thioether (sulfide) groups is 1. The predicted octanol–water partition coefficient (Wildman–Crippen LogP) is 5.15. The van der Waals surface area contributed by atoms with Gasteiger partial charge in [0.2, 0.25) is 0 Å². The molecule has 3 rings (SSSR count). The van der Waals surface area contributed by atoms with Crippen molar-refractivity contribution in [3.8, 4) is 0 Å². The fourth-order valence-corrected chi connectivity index (χ4v) is 3.70.